The van der Waals surface area contributed by atoms with Crippen LogP contribution in [0.5, 0.6) is 0 Å². The number of furan rings is 2. The number of nitrogens with zero attached hydrogens (tertiary/aromatic N) is 8. The van der Waals surface area contributed by atoms with Crippen molar-refractivity contribution < 1.29 is 8.83 Å². The second kappa shape index (κ2) is 12.1. The molecule has 1 fully saturated rings. The summed E-state index contributed by atoms with van der Waals surface area (Å²) in [6, 6.07) is 20.6. The molecule has 6 heterocycles. The van der Waals surface area contributed by atoms with Gasteiger partial charge in [0.25, 0.3) is 0 Å². The van der Waals surface area contributed by atoms with Gasteiger partial charge in [-0.2, -0.15) is 0 Å². The average Bonchev–Trinajstić information content (AvgIpc) is 3.52. The van der Waals surface area contributed by atoms with Crippen LogP contribution in [0.2, 0.25) is 0 Å². The largest absolute Gasteiger partial charge is 0.463 e. The monoisotopic (exact) mass is 594 g/mol. The summed E-state index contributed by atoms with van der Waals surface area (Å²) in [5, 5.41) is 0. The lowest BCUT2D eigenvalue weighted by Gasteiger charge is -2.07. The van der Waals surface area contributed by atoms with E-state index in [4.69, 9.17) is 20.3 Å². The van der Waals surface area contributed by atoms with Crippen LogP contribution in [0.25, 0.3) is 57.1 Å². The van der Waals surface area contributed by atoms with Gasteiger partial charge in [-0.25, -0.2) is 39.9 Å². The first-order valence-corrected chi connectivity index (χ1v) is 14.2. The molecule has 0 spiro atoms. The highest BCUT2D eigenvalue weighted by Crippen LogP contribution is 2.39. The Morgan fingerprint density at radius 3 is 1.69 bits per heavy atom. The molecule has 1 aliphatic carbocycles. The van der Waals surface area contributed by atoms with Gasteiger partial charge in [0.1, 0.15) is 40.2 Å². The Hall–Kier alpha value is -6.30. The van der Waals surface area contributed by atoms with Crippen molar-refractivity contribution in [3.63, 3.8) is 0 Å². The van der Waals surface area contributed by atoms with E-state index in [0.29, 0.717) is 63.4 Å². The molecule has 45 heavy (non-hydrogen) atoms. The smallest absolute Gasteiger partial charge is 0.159 e. The zero-order valence-electron chi connectivity index (χ0n) is 23.9. The van der Waals surface area contributed by atoms with Gasteiger partial charge in [0, 0.05) is 23.9 Å². The Morgan fingerprint density at radius 2 is 1.13 bits per heavy atom. The van der Waals surface area contributed by atoms with Gasteiger partial charge < -0.3 is 20.3 Å². The van der Waals surface area contributed by atoms with Crippen LogP contribution in [0.1, 0.15) is 24.6 Å². The number of rotatable bonds is 6. The molecule has 7 aromatic rings. The molecular weight excluding hydrogens is 568 g/mol. The molecule has 1 aliphatic rings. The van der Waals surface area contributed by atoms with E-state index in [9.17, 15) is 0 Å². The minimum Gasteiger partial charge on any atom is -0.463 e. The number of nitrogen functional groups attached to an aromatic ring is 2. The van der Waals surface area contributed by atoms with Gasteiger partial charge in [0.05, 0.1) is 36.3 Å². The molecule has 1 aromatic carbocycles. The van der Waals surface area contributed by atoms with Crippen molar-refractivity contribution in [3.05, 3.63) is 110 Å². The van der Waals surface area contributed by atoms with E-state index >= 15 is 0 Å². The van der Waals surface area contributed by atoms with E-state index in [2.05, 4.69) is 39.9 Å². The Kier molecular flexibility index (Phi) is 7.42. The van der Waals surface area contributed by atoms with Crippen LogP contribution >= 0.6 is 0 Å². The molecule has 220 valence electrons. The van der Waals surface area contributed by atoms with E-state index in [0.717, 1.165) is 29.9 Å². The highest BCUT2D eigenvalue weighted by atomic mass is 16.3. The number of hydrogen-bond acceptors (Lipinski definition) is 12. The van der Waals surface area contributed by atoms with Gasteiger partial charge in [0.2, 0.25) is 0 Å². The van der Waals surface area contributed by atoms with Gasteiger partial charge in [-0.1, -0.05) is 30.3 Å². The second-order valence-electron chi connectivity index (χ2n) is 10.1. The number of aromatic nitrogens is 8. The summed E-state index contributed by atoms with van der Waals surface area (Å²) in [4.78, 5) is 35.4. The van der Waals surface area contributed by atoms with Gasteiger partial charge in [-0.3, -0.25) is 0 Å². The fourth-order valence-electron chi connectivity index (χ4n) is 4.61. The van der Waals surface area contributed by atoms with Crippen LogP contribution in [0.3, 0.4) is 0 Å². The highest BCUT2D eigenvalue weighted by molar-refractivity contribution is 5.75. The SMILES string of the molecule is Nc1cnc(-c2ccnc(-c3ccccc3)n2)c(-c2ccco2)n1.Nc1cnc(-c2ccnc(C3CC3)n2)c(-c2ccco2)n1. The molecular formula is C33H26N10O2. The van der Waals surface area contributed by atoms with Crippen LogP contribution in [0, 0.1) is 0 Å². The first kappa shape index (κ1) is 27.5. The second-order valence-corrected chi connectivity index (χ2v) is 10.1. The molecule has 0 unspecified atom stereocenters. The average molecular weight is 595 g/mol. The summed E-state index contributed by atoms with van der Waals surface area (Å²) in [6.45, 7) is 0. The molecule has 12 nitrogen and oxygen atoms in total. The summed E-state index contributed by atoms with van der Waals surface area (Å²) in [5.74, 6) is 3.86. The number of hydrogen-bond donors (Lipinski definition) is 2. The summed E-state index contributed by atoms with van der Waals surface area (Å²) < 4.78 is 10.9. The molecule has 4 N–H and O–H groups in total. The predicted molar refractivity (Wildman–Crippen MR) is 168 cm³/mol. The van der Waals surface area contributed by atoms with E-state index in [1.165, 1.54) is 12.4 Å². The quantitative estimate of drug-likeness (QED) is 0.226. The maximum Gasteiger partial charge on any atom is 0.159 e. The Bertz CT molecular complexity index is 2040. The van der Waals surface area contributed by atoms with Crippen molar-refractivity contribution in [3.8, 4) is 57.1 Å². The third-order valence-electron chi connectivity index (χ3n) is 6.88. The molecule has 8 rings (SSSR count). The minimum atomic E-state index is 0.322. The van der Waals surface area contributed by atoms with Crippen molar-refractivity contribution in [2.75, 3.05) is 11.5 Å². The first-order valence-electron chi connectivity index (χ1n) is 14.2. The van der Waals surface area contributed by atoms with Gasteiger partial charge in [0.15, 0.2) is 17.3 Å². The molecule has 0 radical (unpaired) electrons. The molecule has 0 saturated heterocycles. The number of anilines is 2. The fraction of sp³-hybridized carbons (Fsp3) is 0.0909. The maximum atomic E-state index is 5.78. The Balaban J connectivity index is 0.000000146. The third-order valence-corrected chi connectivity index (χ3v) is 6.88. The highest BCUT2D eigenvalue weighted by Gasteiger charge is 2.27. The van der Waals surface area contributed by atoms with Crippen LogP contribution in [0.4, 0.5) is 11.6 Å². The molecule has 0 amide bonds. The van der Waals surface area contributed by atoms with Crippen molar-refractivity contribution in [2.24, 2.45) is 0 Å². The number of benzene rings is 1. The molecule has 0 atom stereocenters. The fourth-order valence-corrected chi connectivity index (χ4v) is 4.61. The summed E-state index contributed by atoms with van der Waals surface area (Å²) in [5.41, 5.74) is 16.3. The standard InChI is InChI=1S/C18H13N5O.C15H13N5O/c19-15-11-21-16(17(23-15)14-7-4-10-24-14)13-8-9-20-18(22-13)12-5-2-1-3-6-12;16-12-8-18-13(14(20-12)11-2-1-7-21-11)10-5-6-17-15(19-10)9-3-4-9/h1-11H,(H2,19,23);1-2,5-9H,3-4H2,(H2,16,20). The van der Waals surface area contributed by atoms with Crippen LogP contribution < -0.4 is 11.5 Å². The lowest BCUT2D eigenvalue weighted by Crippen LogP contribution is -2.00. The van der Waals surface area contributed by atoms with Crippen LogP contribution in [-0.2, 0) is 0 Å². The molecule has 0 bridgehead atoms. The Labute approximate surface area is 257 Å². The first-order chi connectivity index (χ1) is 22.1. The van der Waals surface area contributed by atoms with Crippen molar-refractivity contribution in [2.45, 2.75) is 18.8 Å². The summed E-state index contributed by atoms with van der Waals surface area (Å²) in [6.07, 6.45) is 12.0. The Morgan fingerprint density at radius 1 is 0.556 bits per heavy atom. The van der Waals surface area contributed by atoms with E-state index in [1.807, 2.05) is 48.5 Å². The number of nitrogens with two attached hydrogens (primary N) is 2. The lowest BCUT2D eigenvalue weighted by atomic mass is 10.1. The lowest BCUT2D eigenvalue weighted by molar-refractivity contribution is 0.580. The van der Waals surface area contributed by atoms with Gasteiger partial charge in [-0.15, -0.1) is 0 Å². The van der Waals surface area contributed by atoms with Gasteiger partial charge in [-0.05, 0) is 49.2 Å². The van der Waals surface area contributed by atoms with Gasteiger partial charge >= 0.3 is 0 Å². The van der Waals surface area contributed by atoms with Crippen molar-refractivity contribution in [1.29, 1.82) is 0 Å². The predicted octanol–water partition coefficient (Wildman–Crippen LogP) is 6.10. The zero-order chi connectivity index (χ0) is 30.6. The van der Waals surface area contributed by atoms with E-state index < -0.39 is 0 Å². The van der Waals surface area contributed by atoms with E-state index in [-0.39, 0.29) is 0 Å². The summed E-state index contributed by atoms with van der Waals surface area (Å²) >= 11 is 0. The topological polar surface area (TPSA) is 181 Å². The minimum absolute atomic E-state index is 0.322. The van der Waals surface area contributed by atoms with Crippen LogP contribution in [-0.4, -0.2) is 39.9 Å². The van der Waals surface area contributed by atoms with Crippen molar-refractivity contribution >= 4 is 11.6 Å². The normalized spacial score (nSPS) is 12.4. The summed E-state index contributed by atoms with van der Waals surface area (Å²) in [7, 11) is 0. The van der Waals surface area contributed by atoms with Crippen molar-refractivity contribution in [1.82, 2.24) is 39.9 Å². The molecule has 0 aliphatic heterocycles. The molecule has 12 heteroatoms. The molecule has 6 aromatic heterocycles. The zero-order valence-corrected chi connectivity index (χ0v) is 23.9. The molecule has 1 saturated carbocycles. The third kappa shape index (κ3) is 6.11. The maximum absolute atomic E-state index is 5.78. The van der Waals surface area contributed by atoms with E-state index in [1.54, 1.807) is 43.1 Å². The van der Waals surface area contributed by atoms with Crippen LogP contribution in [0.15, 0.2) is 113 Å².